The van der Waals surface area contributed by atoms with Crippen molar-refractivity contribution in [3.05, 3.63) is 64.8 Å². The van der Waals surface area contributed by atoms with Crippen molar-refractivity contribution in [2.75, 3.05) is 6.61 Å². The van der Waals surface area contributed by atoms with E-state index in [0.29, 0.717) is 29.2 Å². The highest BCUT2D eigenvalue weighted by Gasteiger charge is 2.61. The summed E-state index contributed by atoms with van der Waals surface area (Å²) in [6.45, 7) is 6.12. The number of esters is 2. The van der Waals surface area contributed by atoms with Gasteiger partial charge in [-0.15, -0.1) is 0 Å². The molecule has 0 radical (unpaired) electrons. The number of fused-ring (bicyclic) bond motifs is 3. The molecule has 0 bridgehead atoms. The van der Waals surface area contributed by atoms with Crippen molar-refractivity contribution in [1.82, 2.24) is 5.16 Å². The zero-order valence-corrected chi connectivity index (χ0v) is 19.0. The van der Waals surface area contributed by atoms with Crippen molar-refractivity contribution in [3.8, 4) is 11.3 Å². The molecular weight excluding hydrogens is 446 g/mol. The predicted octanol–water partition coefficient (Wildman–Crippen LogP) is 4.91. The van der Waals surface area contributed by atoms with Gasteiger partial charge in [0.1, 0.15) is 18.8 Å². The lowest BCUT2D eigenvalue weighted by molar-refractivity contribution is -0.140. The highest BCUT2D eigenvalue weighted by Crippen LogP contribution is 2.49. The molecule has 2 aliphatic heterocycles. The first kappa shape index (κ1) is 21.9. The van der Waals surface area contributed by atoms with Gasteiger partial charge in [0.05, 0.1) is 5.60 Å². The average molecular weight is 470 g/mol. The first-order valence-corrected chi connectivity index (χ1v) is 11.4. The van der Waals surface area contributed by atoms with Crippen LogP contribution in [0.5, 0.6) is 0 Å². The van der Waals surface area contributed by atoms with Crippen molar-refractivity contribution < 1.29 is 28.3 Å². The van der Waals surface area contributed by atoms with Crippen molar-refractivity contribution in [3.63, 3.8) is 0 Å². The molecule has 0 amide bonds. The van der Waals surface area contributed by atoms with Gasteiger partial charge >= 0.3 is 11.9 Å². The van der Waals surface area contributed by atoms with Crippen LogP contribution in [0.15, 0.2) is 58.7 Å². The first-order valence-electron chi connectivity index (χ1n) is 11.0. The molecule has 5 rings (SSSR count). The third kappa shape index (κ3) is 4.35. The summed E-state index contributed by atoms with van der Waals surface area (Å²) in [5, 5.41) is 4.45. The normalized spacial score (nSPS) is 30.5. The molecule has 0 spiro atoms. The van der Waals surface area contributed by atoms with Gasteiger partial charge in [-0.1, -0.05) is 29.4 Å². The summed E-state index contributed by atoms with van der Waals surface area (Å²) in [6.07, 6.45) is 4.66. The second-order valence-corrected chi connectivity index (χ2v) is 9.39. The van der Waals surface area contributed by atoms with Gasteiger partial charge in [-0.05, 0) is 62.4 Å². The Balaban J connectivity index is 1.24. The Hall–Kier alpha value is -2.90. The average Bonchev–Trinajstić information content (AvgIpc) is 3.11. The molecule has 1 aromatic carbocycles. The molecule has 7 nitrogen and oxygen atoms in total. The summed E-state index contributed by atoms with van der Waals surface area (Å²) < 4.78 is 22.3. The number of benzene rings is 1. The number of hydrogen-bond donors (Lipinski definition) is 0. The lowest BCUT2D eigenvalue weighted by Gasteiger charge is -2.20. The molecule has 3 aliphatic rings. The highest BCUT2D eigenvalue weighted by atomic mass is 35.5. The molecule has 8 heteroatoms. The number of ether oxygens (including phenoxy) is 3. The fraction of sp³-hybridized carbons (Fsp3) is 0.400. The highest BCUT2D eigenvalue weighted by molar-refractivity contribution is 6.30. The molecule has 0 saturated carbocycles. The Bertz CT molecular complexity index is 1140. The zero-order valence-electron chi connectivity index (χ0n) is 18.2. The van der Waals surface area contributed by atoms with Crippen LogP contribution in [0.3, 0.4) is 0 Å². The van der Waals surface area contributed by atoms with Crippen LogP contribution in [0.1, 0.15) is 43.1 Å². The standard InChI is InChI=1S/C25H24ClNO6/c1-14-18-10-5-15(4-3-11-25(2)22(32-25)21(18)31-23(14)28)13-30-24(29)19-12-20(33-27-19)16-6-8-17(26)9-7-16/h4,6-9,12,18,21-22H,1,3,5,10-11,13H2,2H3/b15-4+/t18-,21-,22+,25+/m0/s1. The number of carbonyl (C=O) groups excluding carboxylic acids is 2. The number of aromatic nitrogens is 1. The van der Waals surface area contributed by atoms with Gasteiger partial charge in [0, 0.05) is 28.1 Å². The van der Waals surface area contributed by atoms with E-state index in [9.17, 15) is 9.59 Å². The summed E-state index contributed by atoms with van der Waals surface area (Å²) in [4.78, 5) is 24.7. The van der Waals surface area contributed by atoms with Gasteiger partial charge in [-0.2, -0.15) is 0 Å². The minimum Gasteiger partial charge on any atom is -0.456 e. The Kier molecular flexibility index (Phi) is 5.62. The van der Waals surface area contributed by atoms with Crippen LogP contribution in [0, 0.1) is 5.92 Å². The minimum absolute atomic E-state index is 0.0829. The number of hydrogen-bond acceptors (Lipinski definition) is 7. The van der Waals surface area contributed by atoms with Crippen LogP contribution < -0.4 is 0 Å². The first-order chi connectivity index (χ1) is 15.8. The van der Waals surface area contributed by atoms with E-state index in [1.807, 2.05) is 6.92 Å². The summed E-state index contributed by atoms with van der Waals surface area (Å²) in [7, 11) is 0. The molecule has 2 aromatic rings. The molecule has 0 unspecified atom stereocenters. The summed E-state index contributed by atoms with van der Waals surface area (Å²) in [6, 6.07) is 8.60. The molecule has 1 aromatic heterocycles. The molecule has 4 atom stereocenters. The number of rotatable bonds is 4. The van der Waals surface area contributed by atoms with E-state index in [4.69, 9.17) is 30.3 Å². The summed E-state index contributed by atoms with van der Waals surface area (Å²) in [5.74, 6) is -0.545. The molecular formula is C25H24ClNO6. The van der Waals surface area contributed by atoms with Gasteiger partial charge < -0.3 is 18.7 Å². The number of halogens is 1. The van der Waals surface area contributed by atoms with Gasteiger partial charge in [0.2, 0.25) is 0 Å². The molecule has 172 valence electrons. The second kappa shape index (κ2) is 8.47. The Morgan fingerprint density at radius 1 is 1.33 bits per heavy atom. The van der Waals surface area contributed by atoms with E-state index in [-0.39, 0.29) is 42.0 Å². The lowest BCUT2D eigenvalue weighted by atomic mass is 9.84. The van der Waals surface area contributed by atoms with Crippen LogP contribution >= 0.6 is 11.6 Å². The van der Waals surface area contributed by atoms with Crippen molar-refractivity contribution in [1.29, 1.82) is 0 Å². The minimum atomic E-state index is -0.559. The topological polar surface area (TPSA) is 91.2 Å². The van der Waals surface area contributed by atoms with Gasteiger partial charge in [-0.25, -0.2) is 9.59 Å². The number of allylic oxidation sites excluding steroid dienone is 1. The second-order valence-electron chi connectivity index (χ2n) is 8.95. The van der Waals surface area contributed by atoms with E-state index in [2.05, 4.69) is 17.8 Å². The van der Waals surface area contributed by atoms with Gasteiger partial charge in [0.15, 0.2) is 11.5 Å². The summed E-state index contributed by atoms with van der Waals surface area (Å²) >= 11 is 5.91. The van der Waals surface area contributed by atoms with Crippen molar-refractivity contribution >= 4 is 23.5 Å². The van der Waals surface area contributed by atoms with Crippen LogP contribution in [0.4, 0.5) is 0 Å². The molecule has 3 heterocycles. The number of nitrogens with zero attached hydrogens (tertiary/aromatic N) is 1. The number of epoxide rings is 1. The van der Waals surface area contributed by atoms with E-state index < -0.39 is 5.97 Å². The van der Waals surface area contributed by atoms with Crippen LogP contribution in [0.2, 0.25) is 5.02 Å². The summed E-state index contributed by atoms with van der Waals surface area (Å²) in [5.41, 5.74) is 2.04. The van der Waals surface area contributed by atoms with Crippen molar-refractivity contribution in [2.24, 2.45) is 5.92 Å². The van der Waals surface area contributed by atoms with Crippen LogP contribution in [-0.2, 0) is 19.0 Å². The third-order valence-electron chi connectivity index (χ3n) is 6.68. The van der Waals surface area contributed by atoms with E-state index in [1.165, 1.54) is 0 Å². The Morgan fingerprint density at radius 3 is 2.91 bits per heavy atom. The maximum absolute atomic E-state index is 12.6. The molecule has 0 N–H and O–H groups in total. The van der Waals surface area contributed by atoms with Crippen molar-refractivity contribution in [2.45, 2.75) is 50.4 Å². The molecule has 2 saturated heterocycles. The smallest absolute Gasteiger partial charge is 0.360 e. The van der Waals surface area contributed by atoms with Gasteiger partial charge in [-0.3, -0.25) is 0 Å². The van der Waals surface area contributed by atoms with Gasteiger partial charge in [0.25, 0.3) is 0 Å². The van der Waals surface area contributed by atoms with Crippen LogP contribution in [-0.4, -0.2) is 41.5 Å². The fourth-order valence-electron chi connectivity index (χ4n) is 4.60. The molecule has 2 fully saturated rings. The predicted molar refractivity (Wildman–Crippen MR) is 120 cm³/mol. The quantitative estimate of drug-likeness (QED) is 0.272. The lowest BCUT2D eigenvalue weighted by Crippen LogP contribution is -2.29. The Labute approximate surface area is 196 Å². The van der Waals surface area contributed by atoms with E-state index in [0.717, 1.165) is 24.0 Å². The van der Waals surface area contributed by atoms with E-state index >= 15 is 0 Å². The maximum atomic E-state index is 12.6. The zero-order chi connectivity index (χ0) is 23.2. The Morgan fingerprint density at radius 2 is 2.12 bits per heavy atom. The monoisotopic (exact) mass is 469 g/mol. The maximum Gasteiger partial charge on any atom is 0.360 e. The molecule has 1 aliphatic carbocycles. The fourth-order valence-corrected chi connectivity index (χ4v) is 4.73. The molecule has 33 heavy (non-hydrogen) atoms. The van der Waals surface area contributed by atoms with Crippen LogP contribution in [0.25, 0.3) is 11.3 Å². The third-order valence-corrected chi connectivity index (χ3v) is 6.93. The van der Waals surface area contributed by atoms with E-state index in [1.54, 1.807) is 30.3 Å². The number of carbonyl (C=O) groups is 2. The largest absolute Gasteiger partial charge is 0.456 e. The SMILES string of the molecule is C=C1C(=O)O[C@@H]2[C@H]3O[C@]3(C)CC/C=C(/COC(=O)c3cc(-c4ccc(Cl)cc4)on3)CC[C@@H]12.